The molecule has 1 saturated heterocycles. The molecule has 2 heterocycles. The average molecular weight is 378 g/mol. The van der Waals surface area contributed by atoms with Crippen LogP contribution < -0.4 is 5.32 Å². The zero-order valence-corrected chi connectivity index (χ0v) is 16.2. The molecule has 1 amide bonds. The van der Waals surface area contributed by atoms with Crippen LogP contribution in [-0.4, -0.2) is 55.0 Å². The van der Waals surface area contributed by atoms with Gasteiger partial charge in [-0.3, -0.25) is 9.69 Å². The summed E-state index contributed by atoms with van der Waals surface area (Å²) in [4.78, 5) is 18.7. The molecule has 0 bridgehead atoms. The predicted molar refractivity (Wildman–Crippen MR) is 105 cm³/mol. The summed E-state index contributed by atoms with van der Waals surface area (Å²) in [6, 6.07) is 11.5. The van der Waals surface area contributed by atoms with Crippen molar-refractivity contribution in [2.75, 3.05) is 33.2 Å². The number of hydrogen-bond acceptors (Lipinski definition) is 4. The van der Waals surface area contributed by atoms with Crippen molar-refractivity contribution in [1.82, 2.24) is 15.1 Å². The first-order chi connectivity index (χ1) is 12.0. The third kappa shape index (κ3) is 4.61. The van der Waals surface area contributed by atoms with Gasteiger partial charge in [0.15, 0.2) is 0 Å². The zero-order valence-electron chi connectivity index (χ0n) is 14.6. The zero-order chi connectivity index (χ0) is 17.8. The summed E-state index contributed by atoms with van der Waals surface area (Å²) in [5, 5.41) is 5.85. The van der Waals surface area contributed by atoms with E-state index in [4.69, 9.17) is 11.6 Å². The maximum Gasteiger partial charge on any atom is 0.251 e. The molecule has 1 aliphatic heterocycles. The second kappa shape index (κ2) is 8.32. The molecule has 1 aromatic heterocycles. The smallest absolute Gasteiger partial charge is 0.251 e. The van der Waals surface area contributed by atoms with Crippen molar-refractivity contribution in [1.29, 1.82) is 0 Å². The Balaban J connectivity index is 1.75. The number of halogens is 1. The molecule has 6 heteroatoms. The largest absolute Gasteiger partial charge is 0.348 e. The van der Waals surface area contributed by atoms with Crippen molar-refractivity contribution in [3.05, 3.63) is 57.2 Å². The van der Waals surface area contributed by atoms with E-state index >= 15 is 0 Å². The van der Waals surface area contributed by atoms with Gasteiger partial charge in [-0.2, -0.15) is 0 Å². The highest BCUT2D eigenvalue weighted by Gasteiger charge is 2.30. The number of nitrogens with one attached hydrogen (secondary N) is 1. The number of rotatable bonds is 5. The van der Waals surface area contributed by atoms with E-state index in [9.17, 15) is 4.79 Å². The van der Waals surface area contributed by atoms with Crippen LogP contribution in [0, 0.1) is 0 Å². The highest BCUT2D eigenvalue weighted by Crippen LogP contribution is 2.29. The van der Waals surface area contributed by atoms with Gasteiger partial charge in [0.25, 0.3) is 5.91 Å². The maximum atomic E-state index is 12.6. The summed E-state index contributed by atoms with van der Waals surface area (Å²) in [5.41, 5.74) is 0.600. The van der Waals surface area contributed by atoms with Gasteiger partial charge in [-0.1, -0.05) is 23.7 Å². The predicted octanol–water partition coefficient (Wildman–Crippen LogP) is 3.51. The molecule has 0 saturated carbocycles. The molecule has 1 aliphatic rings. The molecule has 1 N–H and O–H groups in total. The van der Waals surface area contributed by atoms with Gasteiger partial charge in [-0.25, -0.2) is 0 Å². The minimum Gasteiger partial charge on any atom is -0.348 e. The molecule has 0 radical (unpaired) electrons. The molecule has 25 heavy (non-hydrogen) atoms. The van der Waals surface area contributed by atoms with Crippen LogP contribution in [0.25, 0.3) is 0 Å². The van der Waals surface area contributed by atoms with Crippen LogP contribution in [0.15, 0.2) is 41.8 Å². The van der Waals surface area contributed by atoms with Gasteiger partial charge in [0, 0.05) is 47.7 Å². The summed E-state index contributed by atoms with van der Waals surface area (Å²) >= 11 is 7.76. The molecule has 2 atom stereocenters. The molecule has 4 nitrogen and oxygen atoms in total. The van der Waals surface area contributed by atoms with Crippen LogP contribution >= 0.6 is 22.9 Å². The van der Waals surface area contributed by atoms with Crippen LogP contribution in [0.3, 0.4) is 0 Å². The molecular weight excluding hydrogens is 354 g/mol. The van der Waals surface area contributed by atoms with Crippen molar-refractivity contribution in [3.63, 3.8) is 0 Å². The summed E-state index contributed by atoms with van der Waals surface area (Å²) in [5.74, 6) is -0.0781. The summed E-state index contributed by atoms with van der Waals surface area (Å²) in [6.45, 7) is 6.21. The first-order valence-electron chi connectivity index (χ1n) is 8.57. The lowest BCUT2D eigenvalue weighted by molar-refractivity contribution is 0.0799. The highest BCUT2D eigenvalue weighted by molar-refractivity contribution is 7.10. The Morgan fingerprint density at radius 2 is 1.96 bits per heavy atom. The first kappa shape index (κ1) is 18.4. The maximum absolute atomic E-state index is 12.6. The molecule has 1 fully saturated rings. The normalized spacial score (nSPS) is 18.7. The van der Waals surface area contributed by atoms with Gasteiger partial charge < -0.3 is 10.2 Å². The van der Waals surface area contributed by atoms with Gasteiger partial charge in [0.1, 0.15) is 0 Å². The molecule has 3 rings (SSSR count). The van der Waals surface area contributed by atoms with Crippen LogP contribution in [0.2, 0.25) is 5.02 Å². The van der Waals surface area contributed by atoms with E-state index < -0.39 is 0 Å². The monoisotopic (exact) mass is 377 g/mol. The number of nitrogens with zero attached hydrogens (tertiary/aromatic N) is 2. The van der Waals surface area contributed by atoms with Crippen LogP contribution in [0.5, 0.6) is 0 Å². The van der Waals surface area contributed by atoms with E-state index in [1.165, 1.54) is 4.88 Å². The number of piperazine rings is 1. The average Bonchev–Trinajstić information content (AvgIpc) is 3.11. The molecule has 1 aromatic carbocycles. The Morgan fingerprint density at radius 1 is 1.20 bits per heavy atom. The van der Waals surface area contributed by atoms with Crippen molar-refractivity contribution in [3.8, 4) is 0 Å². The molecule has 0 unspecified atom stereocenters. The quantitative estimate of drug-likeness (QED) is 0.866. The van der Waals surface area contributed by atoms with Gasteiger partial charge in [-0.15, -0.1) is 11.3 Å². The molecule has 0 spiro atoms. The second-order valence-electron chi connectivity index (χ2n) is 6.57. The topological polar surface area (TPSA) is 35.6 Å². The molecular formula is C19H24ClN3OS. The summed E-state index contributed by atoms with van der Waals surface area (Å²) in [7, 11) is 2.15. The fourth-order valence-electron chi connectivity index (χ4n) is 3.30. The fraction of sp³-hybridized carbons (Fsp3) is 0.421. The fourth-order valence-corrected chi connectivity index (χ4v) is 4.46. The molecule has 2 aromatic rings. The van der Waals surface area contributed by atoms with Crippen molar-refractivity contribution < 1.29 is 4.79 Å². The number of thiophene rings is 1. The van der Waals surface area contributed by atoms with E-state index in [2.05, 4.69) is 46.6 Å². The SMILES string of the molecule is C[C@H](NC(=O)c1cccc(Cl)c1)[C@@H](c1cccs1)N1CCN(C)CC1. The number of carbonyl (C=O) groups is 1. The van der Waals surface area contributed by atoms with E-state index in [0.29, 0.717) is 10.6 Å². The van der Waals surface area contributed by atoms with Crippen LogP contribution in [0.1, 0.15) is 28.2 Å². The lowest BCUT2D eigenvalue weighted by atomic mass is 10.0. The minimum absolute atomic E-state index is 0.00791. The van der Waals surface area contributed by atoms with Gasteiger partial charge >= 0.3 is 0 Å². The van der Waals surface area contributed by atoms with Gasteiger partial charge in [-0.05, 0) is 43.6 Å². The molecule has 134 valence electrons. The highest BCUT2D eigenvalue weighted by atomic mass is 35.5. The third-order valence-electron chi connectivity index (χ3n) is 4.69. The Hall–Kier alpha value is -1.40. The Morgan fingerprint density at radius 3 is 2.60 bits per heavy atom. The minimum atomic E-state index is -0.0781. The summed E-state index contributed by atoms with van der Waals surface area (Å²) in [6.07, 6.45) is 0. The molecule has 0 aliphatic carbocycles. The second-order valence-corrected chi connectivity index (χ2v) is 7.99. The Kier molecular flexibility index (Phi) is 6.12. The number of benzene rings is 1. The number of carbonyl (C=O) groups excluding carboxylic acids is 1. The summed E-state index contributed by atoms with van der Waals surface area (Å²) < 4.78 is 0. The Labute approximate surface area is 158 Å². The number of likely N-dealkylation sites (N-methyl/N-ethyl adjacent to an activating group) is 1. The van der Waals surface area contributed by atoms with Gasteiger partial charge in [0.05, 0.1) is 6.04 Å². The van der Waals surface area contributed by atoms with E-state index in [-0.39, 0.29) is 18.0 Å². The third-order valence-corrected chi connectivity index (χ3v) is 5.86. The van der Waals surface area contributed by atoms with E-state index in [1.807, 2.05) is 0 Å². The first-order valence-corrected chi connectivity index (χ1v) is 9.83. The lowest BCUT2D eigenvalue weighted by Crippen LogP contribution is -2.51. The van der Waals surface area contributed by atoms with Crippen LogP contribution in [-0.2, 0) is 0 Å². The van der Waals surface area contributed by atoms with Crippen molar-refractivity contribution >= 4 is 28.8 Å². The van der Waals surface area contributed by atoms with Crippen molar-refractivity contribution in [2.24, 2.45) is 0 Å². The lowest BCUT2D eigenvalue weighted by Gasteiger charge is -2.40. The van der Waals surface area contributed by atoms with Crippen LogP contribution in [0.4, 0.5) is 0 Å². The van der Waals surface area contributed by atoms with Crippen molar-refractivity contribution in [2.45, 2.75) is 19.0 Å². The van der Waals surface area contributed by atoms with Gasteiger partial charge in [0.2, 0.25) is 0 Å². The Bertz CT molecular complexity index is 698. The standard InChI is InChI=1S/C19H24ClN3OS/c1-14(21-19(24)15-5-3-6-16(20)13-15)18(17-7-4-12-25-17)23-10-8-22(2)9-11-23/h3-7,12-14,18H,8-11H2,1-2H3,(H,21,24)/t14-,18-/m0/s1. The number of amides is 1. The number of hydrogen-bond donors (Lipinski definition) is 1. The van der Waals surface area contributed by atoms with E-state index in [0.717, 1.165) is 26.2 Å². The van der Waals surface area contributed by atoms with E-state index in [1.54, 1.807) is 35.6 Å².